The highest BCUT2D eigenvalue weighted by Gasteiger charge is 2.21. The average molecular weight is 239 g/mol. The van der Waals surface area contributed by atoms with Crippen molar-refractivity contribution in [1.82, 2.24) is 0 Å². The predicted molar refractivity (Wildman–Crippen MR) is 68.0 cm³/mol. The van der Waals surface area contributed by atoms with E-state index in [0.717, 1.165) is 12.8 Å². The summed E-state index contributed by atoms with van der Waals surface area (Å²) in [6.07, 6.45) is 7.37. The van der Waals surface area contributed by atoms with Crippen molar-refractivity contribution in [2.75, 3.05) is 0 Å². The first-order chi connectivity index (χ1) is 7.75. The van der Waals surface area contributed by atoms with Crippen LogP contribution in [0.2, 0.25) is 0 Å². The number of hydrogen-bond acceptors (Lipinski definition) is 1. The Labute approximate surface area is 102 Å². The number of rotatable bonds is 2. The van der Waals surface area contributed by atoms with Gasteiger partial charge in [-0.15, -0.1) is 11.6 Å². The summed E-state index contributed by atoms with van der Waals surface area (Å²) >= 11 is 6.42. The van der Waals surface area contributed by atoms with Crippen LogP contribution in [0.3, 0.4) is 0 Å². The zero-order valence-corrected chi connectivity index (χ0v) is 10.3. The van der Waals surface area contributed by atoms with Gasteiger partial charge in [-0.1, -0.05) is 31.4 Å². The van der Waals surface area contributed by atoms with Crippen molar-refractivity contribution in [3.05, 3.63) is 29.8 Å². The van der Waals surface area contributed by atoms with E-state index in [1.165, 1.54) is 31.2 Å². The van der Waals surface area contributed by atoms with Gasteiger partial charge in [-0.2, -0.15) is 0 Å². The van der Waals surface area contributed by atoms with Crippen LogP contribution in [0.4, 0.5) is 0 Å². The predicted octanol–water partition coefficient (Wildman–Crippen LogP) is 4.12. The van der Waals surface area contributed by atoms with Gasteiger partial charge in [0, 0.05) is 5.38 Å². The second-order valence-corrected chi connectivity index (χ2v) is 5.35. The largest absolute Gasteiger partial charge is 0.508 e. The summed E-state index contributed by atoms with van der Waals surface area (Å²) in [6.45, 7) is 0. The van der Waals surface area contributed by atoms with Gasteiger partial charge in [0.1, 0.15) is 5.75 Å². The number of phenolic OH excluding ortho intramolecular Hbond substituents is 1. The fourth-order valence-electron chi connectivity index (χ4n) is 2.50. The third kappa shape index (κ3) is 3.15. The topological polar surface area (TPSA) is 20.2 Å². The van der Waals surface area contributed by atoms with Crippen LogP contribution in [-0.2, 0) is 6.42 Å². The molecule has 1 N–H and O–H groups in total. The number of phenols is 1. The van der Waals surface area contributed by atoms with Crippen molar-refractivity contribution in [3.8, 4) is 5.75 Å². The highest BCUT2D eigenvalue weighted by Crippen LogP contribution is 2.30. The van der Waals surface area contributed by atoms with Gasteiger partial charge in [-0.05, 0) is 42.9 Å². The summed E-state index contributed by atoms with van der Waals surface area (Å²) in [4.78, 5) is 0. The number of hydrogen-bond donors (Lipinski definition) is 1. The van der Waals surface area contributed by atoms with Crippen molar-refractivity contribution in [2.24, 2.45) is 5.92 Å². The second-order valence-electron chi connectivity index (χ2n) is 4.78. The number of halogens is 1. The van der Waals surface area contributed by atoms with E-state index in [1.807, 2.05) is 12.1 Å². The number of alkyl halides is 1. The van der Waals surface area contributed by atoms with Crippen LogP contribution in [0.1, 0.15) is 37.7 Å². The molecule has 1 aliphatic rings. The first-order valence-corrected chi connectivity index (χ1v) is 6.61. The normalized spacial score (nSPS) is 26.3. The molecule has 1 aromatic rings. The summed E-state index contributed by atoms with van der Waals surface area (Å²) in [5.74, 6) is 0.945. The van der Waals surface area contributed by atoms with Gasteiger partial charge in [0.25, 0.3) is 0 Å². The summed E-state index contributed by atoms with van der Waals surface area (Å²) in [5, 5.41) is 9.56. The van der Waals surface area contributed by atoms with Crippen LogP contribution >= 0.6 is 11.6 Å². The molecule has 0 amide bonds. The van der Waals surface area contributed by atoms with Crippen molar-refractivity contribution in [2.45, 2.75) is 43.9 Å². The zero-order valence-electron chi connectivity index (χ0n) is 9.53. The maximum absolute atomic E-state index is 9.23. The Morgan fingerprint density at radius 1 is 1.06 bits per heavy atom. The van der Waals surface area contributed by atoms with E-state index in [1.54, 1.807) is 12.1 Å². The van der Waals surface area contributed by atoms with Crippen LogP contribution in [0.5, 0.6) is 5.75 Å². The minimum Gasteiger partial charge on any atom is -0.508 e. The maximum Gasteiger partial charge on any atom is 0.115 e. The van der Waals surface area contributed by atoms with Gasteiger partial charge in [0.15, 0.2) is 0 Å². The van der Waals surface area contributed by atoms with Crippen LogP contribution < -0.4 is 0 Å². The molecule has 0 radical (unpaired) electrons. The van der Waals surface area contributed by atoms with Crippen LogP contribution in [-0.4, -0.2) is 10.5 Å². The Hall–Kier alpha value is -0.690. The maximum atomic E-state index is 9.23. The first-order valence-electron chi connectivity index (χ1n) is 6.17. The van der Waals surface area contributed by atoms with Crippen LogP contribution in [0.15, 0.2) is 24.3 Å². The number of aromatic hydroxyl groups is 1. The fourth-order valence-corrected chi connectivity index (χ4v) is 2.87. The molecular weight excluding hydrogens is 220 g/mol. The molecule has 2 atom stereocenters. The van der Waals surface area contributed by atoms with Gasteiger partial charge in [-0.25, -0.2) is 0 Å². The molecule has 0 aliphatic heterocycles. The third-order valence-corrected chi connectivity index (χ3v) is 4.08. The molecule has 0 heterocycles. The molecular formula is C14H19ClO. The van der Waals surface area contributed by atoms with E-state index in [9.17, 15) is 5.11 Å². The van der Waals surface area contributed by atoms with E-state index in [0.29, 0.717) is 17.0 Å². The van der Waals surface area contributed by atoms with E-state index < -0.39 is 0 Å². The van der Waals surface area contributed by atoms with Crippen molar-refractivity contribution < 1.29 is 5.11 Å². The van der Waals surface area contributed by atoms with Gasteiger partial charge >= 0.3 is 0 Å². The van der Waals surface area contributed by atoms with Crippen molar-refractivity contribution in [3.63, 3.8) is 0 Å². The Bertz CT molecular complexity index is 320. The Balaban J connectivity index is 1.99. The lowest BCUT2D eigenvalue weighted by atomic mass is 9.92. The molecule has 1 nitrogen and oxygen atoms in total. The van der Waals surface area contributed by atoms with Crippen LogP contribution in [0, 0.1) is 5.92 Å². The lowest BCUT2D eigenvalue weighted by Crippen LogP contribution is -2.15. The molecule has 2 unspecified atom stereocenters. The minimum absolute atomic E-state index is 0.330. The smallest absolute Gasteiger partial charge is 0.115 e. The second kappa shape index (κ2) is 5.58. The van der Waals surface area contributed by atoms with E-state index in [-0.39, 0.29) is 0 Å². The van der Waals surface area contributed by atoms with Crippen LogP contribution in [0.25, 0.3) is 0 Å². The van der Waals surface area contributed by atoms with Crippen molar-refractivity contribution in [1.29, 1.82) is 0 Å². The summed E-state index contributed by atoms with van der Waals surface area (Å²) in [6, 6.07) is 7.53. The molecule has 1 saturated carbocycles. The molecule has 2 heteroatoms. The molecule has 16 heavy (non-hydrogen) atoms. The Morgan fingerprint density at radius 2 is 1.75 bits per heavy atom. The molecule has 0 saturated heterocycles. The monoisotopic (exact) mass is 238 g/mol. The SMILES string of the molecule is Oc1ccc(CC2CCCCCC2Cl)cc1. The summed E-state index contributed by atoms with van der Waals surface area (Å²) in [5.41, 5.74) is 1.29. The highest BCUT2D eigenvalue weighted by molar-refractivity contribution is 6.20. The van der Waals surface area contributed by atoms with Gasteiger partial charge in [0.05, 0.1) is 0 Å². The lowest BCUT2D eigenvalue weighted by Gasteiger charge is -2.19. The average Bonchev–Trinajstić information content (AvgIpc) is 2.48. The minimum atomic E-state index is 0.330. The first kappa shape index (κ1) is 11.8. The van der Waals surface area contributed by atoms with Crippen molar-refractivity contribution >= 4 is 11.6 Å². The van der Waals surface area contributed by atoms with Gasteiger partial charge in [-0.3, -0.25) is 0 Å². The standard InChI is InChI=1S/C14H19ClO/c15-14-5-3-1-2-4-12(14)10-11-6-8-13(16)9-7-11/h6-9,12,14,16H,1-5,10H2. The van der Waals surface area contributed by atoms with E-state index >= 15 is 0 Å². The van der Waals surface area contributed by atoms with E-state index in [2.05, 4.69) is 0 Å². The lowest BCUT2D eigenvalue weighted by molar-refractivity contribution is 0.462. The summed E-state index contributed by atoms with van der Waals surface area (Å²) in [7, 11) is 0. The quantitative estimate of drug-likeness (QED) is 0.607. The molecule has 0 aromatic heterocycles. The molecule has 1 aliphatic carbocycles. The summed E-state index contributed by atoms with van der Waals surface area (Å²) < 4.78 is 0. The van der Waals surface area contributed by atoms with E-state index in [4.69, 9.17) is 11.6 Å². The molecule has 0 bridgehead atoms. The Kier molecular flexibility index (Phi) is 4.11. The Morgan fingerprint density at radius 3 is 2.50 bits per heavy atom. The molecule has 1 fully saturated rings. The van der Waals surface area contributed by atoms with Gasteiger partial charge in [0.2, 0.25) is 0 Å². The fraction of sp³-hybridized carbons (Fsp3) is 0.571. The molecule has 88 valence electrons. The zero-order chi connectivity index (χ0) is 11.4. The third-order valence-electron chi connectivity index (χ3n) is 3.50. The molecule has 1 aromatic carbocycles. The molecule has 0 spiro atoms. The number of benzene rings is 1. The highest BCUT2D eigenvalue weighted by atomic mass is 35.5. The van der Waals surface area contributed by atoms with Gasteiger partial charge < -0.3 is 5.11 Å². The molecule has 2 rings (SSSR count).